The van der Waals surface area contributed by atoms with Crippen LogP contribution >= 0.6 is 12.2 Å². The van der Waals surface area contributed by atoms with Crippen molar-refractivity contribution in [3.05, 3.63) is 59.7 Å². The summed E-state index contributed by atoms with van der Waals surface area (Å²) in [4.78, 5) is 0. The zero-order chi connectivity index (χ0) is 15.9. The number of nitrogens with zero attached hydrogens (tertiary/aromatic N) is 1. The van der Waals surface area contributed by atoms with Crippen molar-refractivity contribution in [1.82, 2.24) is 10.7 Å². The highest BCUT2D eigenvalue weighted by atomic mass is 32.1. The molecule has 0 saturated heterocycles. The molecule has 2 aromatic carbocycles. The predicted octanol–water partition coefficient (Wildman–Crippen LogP) is 2.46. The molecule has 0 spiro atoms. The van der Waals surface area contributed by atoms with E-state index in [1.54, 1.807) is 6.21 Å². The molecule has 5 nitrogen and oxygen atoms in total. The summed E-state index contributed by atoms with van der Waals surface area (Å²) in [6, 6.07) is 15.9. The van der Waals surface area contributed by atoms with Crippen molar-refractivity contribution in [2.24, 2.45) is 5.10 Å². The van der Waals surface area contributed by atoms with E-state index in [1.165, 1.54) is 5.56 Å². The molecule has 0 radical (unpaired) electrons. The van der Waals surface area contributed by atoms with Crippen LogP contribution < -0.4 is 20.2 Å². The molecule has 118 valence electrons. The number of thiocarbonyl (C=S) groups is 1. The van der Waals surface area contributed by atoms with Gasteiger partial charge in [-0.25, -0.2) is 0 Å². The Balaban J connectivity index is 1.42. The third-order valence-electron chi connectivity index (χ3n) is 3.32. The molecule has 0 atom stereocenters. The van der Waals surface area contributed by atoms with Gasteiger partial charge in [-0.3, -0.25) is 5.43 Å². The molecule has 0 aliphatic carbocycles. The van der Waals surface area contributed by atoms with Crippen LogP contribution in [0.2, 0.25) is 0 Å². The minimum Gasteiger partial charge on any atom is -0.454 e. The van der Waals surface area contributed by atoms with Crippen molar-refractivity contribution in [3.8, 4) is 11.5 Å². The molecule has 0 aromatic heterocycles. The maximum absolute atomic E-state index is 5.32. The molecule has 0 saturated carbocycles. The van der Waals surface area contributed by atoms with E-state index in [0.717, 1.165) is 30.0 Å². The van der Waals surface area contributed by atoms with Crippen molar-refractivity contribution in [1.29, 1.82) is 0 Å². The third-order valence-corrected chi connectivity index (χ3v) is 3.55. The number of benzene rings is 2. The van der Waals surface area contributed by atoms with Crippen LogP contribution in [0.5, 0.6) is 11.5 Å². The molecule has 1 aliphatic heterocycles. The quantitative estimate of drug-likeness (QED) is 0.502. The maximum Gasteiger partial charge on any atom is 0.231 e. The number of fused-ring (bicyclic) bond motifs is 1. The van der Waals surface area contributed by atoms with Crippen LogP contribution in [0.3, 0.4) is 0 Å². The van der Waals surface area contributed by atoms with Gasteiger partial charge in [-0.2, -0.15) is 5.10 Å². The van der Waals surface area contributed by atoms with Gasteiger partial charge in [0.1, 0.15) is 0 Å². The molecule has 3 rings (SSSR count). The second-order valence-corrected chi connectivity index (χ2v) is 5.38. The van der Waals surface area contributed by atoms with Crippen molar-refractivity contribution < 1.29 is 9.47 Å². The van der Waals surface area contributed by atoms with E-state index >= 15 is 0 Å². The zero-order valence-electron chi connectivity index (χ0n) is 12.5. The summed E-state index contributed by atoms with van der Waals surface area (Å²) in [7, 11) is 0. The first kappa shape index (κ1) is 15.3. The number of hydrogen-bond donors (Lipinski definition) is 2. The lowest BCUT2D eigenvalue weighted by molar-refractivity contribution is 0.174. The standard InChI is InChI=1S/C17H17N3O2S/c23-17(18-9-8-13-4-2-1-3-5-13)20-19-11-14-6-7-15-16(10-14)22-12-21-15/h1-7,10-11H,8-9,12H2,(H2,18,20,23). The summed E-state index contributed by atoms with van der Waals surface area (Å²) >= 11 is 5.18. The molecule has 0 bridgehead atoms. The van der Waals surface area contributed by atoms with Crippen LogP contribution in [0.1, 0.15) is 11.1 Å². The van der Waals surface area contributed by atoms with Crippen LogP contribution in [0.25, 0.3) is 0 Å². The van der Waals surface area contributed by atoms with Crippen LogP contribution in [0.4, 0.5) is 0 Å². The molecular formula is C17H17N3O2S. The van der Waals surface area contributed by atoms with E-state index in [-0.39, 0.29) is 6.79 Å². The third kappa shape index (κ3) is 4.43. The Morgan fingerprint density at radius 3 is 2.83 bits per heavy atom. The molecular weight excluding hydrogens is 310 g/mol. The molecule has 1 heterocycles. The fourth-order valence-electron chi connectivity index (χ4n) is 2.16. The van der Waals surface area contributed by atoms with E-state index < -0.39 is 0 Å². The summed E-state index contributed by atoms with van der Waals surface area (Å²) in [5, 5.41) is 7.74. The molecule has 0 unspecified atom stereocenters. The molecule has 1 aliphatic rings. The van der Waals surface area contributed by atoms with Crippen molar-refractivity contribution in [3.63, 3.8) is 0 Å². The lowest BCUT2D eigenvalue weighted by Gasteiger charge is -2.06. The summed E-state index contributed by atoms with van der Waals surface area (Å²) in [5.41, 5.74) is 4.98. The first-order valence-corrected chi connectivity index (χ1v) is 7.72. The normalized spacial score (nSPS) is 12.3. The van der Waals surface area contributed by atoms with Gasteiger partial charge in [0.2, 0.25) is 6.79 Å². The first-order valence-electron chi connectivity index (χ1n) is 7.32. The monoisotopic (exact) mass is 327 g/mol. The van der Waals surface area contributed by atoms with Gasteiger partial charge in [0.25, 0.3) is 0 Å². The molecule has 2 aromatic rings. The van der Waals surface area contributed by atoms with Crippen LogP contribution in [-0.4, -0.2) is 24.7 Å². The van der Waals surface area contributed by atoms with Crippen molar-refractivity contribution >= 4 is 23.5 Å². The lowest BCUT2D eigenvalue weighted by atomic mass is 10.1. The Hall–Kier alpha value is -2.60. The molecule has 23 heavy (non-hydrogen) atoms. The van der Waals surface area contributed by atoms with Gasteiger partial charge in [-0.1, -0.05) is 30.3 Å². The Labute approximate surface area is 140 Å². The van der Waals surface area contributed by atoms with Crippen LogP contribution in [0, 0.1) is 0 Å². The Morgan fingerprint density at radius 1 is 1.13 bits per heavy atom. The van der Waals surface area contributed by atoms with Gasteiger partial charge in [-0.15, -0.1) is 0 Å². The zero-order valence-corrected chi connectivity index (χ0v) is 13.3. The van der Waals surface area contributed by atoms with E-state index in [4.69, 9.17) is 21.7 Å². The number of hydrazone groups is 1. The van der Waals surface area contributed by atoms with Gasteiger partial charge in [0, 0.05) is 6.54 Å². The van der Waals surface area contributed by atoms with Crippen molar-refractivity contribution in [2.75, 3.05) is 13.3 Å². The second kappa shape index (κ2) is 7.60. The second-order valence-electron chi connectivity index (χ2n) is 4.97. The topological polar surface area (TPSA) is 54.9 Å². The summed E-state index contributed by atoms with van der Waals surface area (Å²) in [6.45, 7) is 1.03. The van der Waals surface area contributed by atoms with Gasteiger partial charge >= 0.3 is 0 Å². The first-order chi connectivity index (χ1) is 11.3. The van der Waals surface area contributed by atoms with E-state index in [0.29, 0.717) is 5.11 Å². The van der Waals surface area contributed by atoms with E-state index in [2.05, 4.69) is 28.0 Å². The Kier molecular flexibility index (Phi) is 5.06. The van der Waals surface area contributed by atoms with Crippen LogP contribution in [0.15, 0.2) is 53.6 Å². The smallest absolute Gasteiger partial charge is 0.231 e. The fourth-order valence-corrected chi connectivity index (χ4v) is 2.32. The van der Waals surface area contributed by atoms with Gasteiger partial charge in [0.15, 0.2) is 16.6 Å². The van der Waals surface area contributed by atoms with Gasteiger partial charge < -0.3 is 14.8 Å². The highest BCUT2D eigenvalue weighted by Crippen LogP contribution is 2.31. The highest BCUT2D eigenvalue weighted by Gasteiger charge is 2.12. The Bertz CT molecular complexity index is 704. The average molecular weight is 327 g/mol. The molecule has 6 heteroatoms. The predicted molar refractivity (Wildman–Crippen MR) is 94.0 cm³/mol. The maximum atomic E-state index is 5.32. The molecule has 0 fully saturated rings. The van der Waals surface area contributed by atoms with Gasteiger partial charge in [-0.05, 0) is 48.0 Å². The van der Waals surface area contributed by atoms with Crippen molar-refractivity contribution in [2.45, 2.75) is 6.42 Å². The molecule has 2 N–H and O–H groups in total. The SMILES string of the molecule is S=C(NCCc1ccccc1)NN=Cc1ccc2c(c1)OCO2. The minimum atomic E-state index is 0.267. The van der Waals surface area contributed by atoms with Gasteiger partial charge in [0.05, 0.1) is 6.21 Å². The van der Waals surface area contributed by atoms with Crippen LogP contribution in [-0.2, 0) is 6.42 Å². The number of hydrogen-bond acceptors (Lipinski definition) is 4. The number of nitrogens with one attached hydrogen (secondary N) is 2. The average Bonchev–Trinajstić information content (AvgIpc) is 3.03. The number of ether oxygens (including phenoxy) is 2. The van der Waals surface area contributed by atoms with E-state index in [9.17, 15) is 0 Å². The summed E-state index contributed by atoms with van der Waals surface area (Å²) < 4.78 is 10.6. The number of rotatable bonds is 5. The molecule has 0 amide bonds. The van der Waals surface area contributed by atoms with E-state index in [1.807, 2.05) is 36.4 Å². The minimum absolute atomic E-state index is 0.267. The summed E-state index contributed by atoms with van der Waals surface area (Å²) in [6.07, 6.45) is 2.60. The largest absolute Gasteiger partial charge is 0.454 e. The highest BCUT2D eigenvalue weighted by molar-refractivity contribution is 7.80. The lowest BCUT2D eigenvalue weighted by Crippen LogP contribution is -2.33. The fraction of sp³-hybridized carbons (Fsp3) is 0.176. The summed E-state index contributed by atoms with van der Waals surface area (Å²) in [5.74, 6) is 1.49. The Morgan fingerprint density at radius 2 is 1.96 bits per heavy atom.